The highest BCUT2D eigenvalue weighted by Crippen LogP contribution is 2.39. The maximum Gasteiger partial charge on any atom is 0.258 e. The van der Waals surface area contributed by atoms with Crippen molar-refractivity contribution in [2.45, 2.75) is 46.6 Å². The number of benzene rings is 1. The highest BCUT2D eigenvalue weighted by atomic mass is 35.5. The molecule has 0 aliphatic heterocycles. The number of hydrogen-bond acceptors (Lipinski definition) is 5. The first kappa shape index (κ1) is 21.8. The zero-order valence-corrected chi connectivity index (χ0v) is 18.3. The average molecular weight is 434 g/mol. The molecular weight excluding hydrogens is 409 g/mol. The van der Waals surface area contributed by atoms with Crippen LogP contribution in [0.25, 0.3) is 5.52 Å². The van der Waals surface area contributed by atoms with Gasteiger partial charge in [-0.3, -0.25) is 9.20 Å². The predicted molar refractivity (Wildman–Crippen MR) is 115 cm³/mol. The topological polar surface area (TPSA) is 94.5 Å². The van der Waals surface area contributed by atoms with Gasteiger partial charge in [0.15, 0.2) is 5.82 Å². The number of aryl methyl sites for hydroxylation is 1. The molecule has 0 radical (unpaired) electrons. The molecule has 3 N–H and O–H groups in total. The minimum absolute atomic E-state index is 0.154. The summed E-state index contributed by atoms with van der Waals surface area (Å²) in [6, 6.07) is 1.49. The smallest absolute Gasteiger partial charge is 0.258 e. The SMILES string of the molecule is CCNC(=O)c1c(F)c(Cl)cc(C(C)c2nc(C)c3c(N)nccn23)c1OC(C)C. The van der Waals surface area contributed by atoms with Crippen molar-refractivity contribution in [1.29, 1.82) is 0 Å². The highest BCUT2D eigenvalue weighted by molar-refractivity contribution is 6.31. The van der Waals surface area contributed by atoms with Gasteiger partial charge in [-0.2, -0.15) is 0 Å². The second kappa shape index (κ2) is 8.47. The molecule has 2 heterocycles. The Morgan fingerprint density at radius 2 is 2.10 bits per heavy atom. The summed E-state index contributed by atoms with van der Waals surface area (Å²) >= 11 is 6.18. The lowest BCUT2D eigenvalue weighted by molar-refractivity contribution is 0.0945. The minimum atomic E-state index is -0.813. The largest absolute Gasteiger partial charge is 0.490 e. The van der Waals surface area contributed by atoms with Crippen LogP contribution < -0.4 is 15.8 Å². The van der Waals surface area contributed by atoms with Crippen LogP contribution in [0.5, 0.6) is 5.75 Å². The molecule has 3 aromatic rings. The number of nitrogens with zero attached hydrogens (tertiary/aromatic N) is 3. The third-order valence-corrected chi connectivity index (χ3v) is 5.03. The summed E-state index contributed by atoms with van der Waals surface area (Å²) < 4.78 is 22.7. The Hall–Kier alpha value is -2.87. The van der Waals surface area contributed by atoms with Crippen LogP contribution in [0.3, 0.4) is 0 Å². The zero-order valence-electron chi connectivity index (χ0n) is 17.6. The minimum Gasteiger partial charge on any atom is -0.490 e. The fraction of sp³-hybridized carbons (Fsp3) is 0.381. The number of carbonyl (C=O) groups is 1. The Kier molecular flexibility index (Phi) is 6.17. The number of aromatic nitrogens is 3. The van der Waals surface area contributed by atoms with Gasteiger partial charge in [-0.25, -0.2) is 14.4 Å². The van der Waals surface area contributed by atoms with Gasteiger partial charge in [0.2, 0.25) is 0 Å². The molecule has 1 aromatic carbocycles. The molecule has 0 saturated carbocycles. The van der Waals surface area contributed by atoms with E-state index in [0.29, 0.717) is 35.0 Å². The molecule has 160 valence electrons. The second-order valence-corrected chi connectivity index (χ2v) is 7.71. The number of anilines is 1. The van der Waals surface area contributed by atoms with Crippen LogP contribution in [0.15, 0.2) is 18.5 Å². The molecule has 2 aromatic heterocycles. The van der Waals surface area contributed by atoms with Gasteiger partial charge in [0.25, 0.3) is 5.91 Å². The Morgan fingerprint density at radius 3 is 2.73 bits per heavy atom. The van der Waals surface area contributed by atoms with E-state index in [9.17, 15) is 9.18 Å². The molecule has 1 unspecified atom stereocenters. The van der Waals surface area contributed by atoms with Crippen molar-refractivity contribution in [1.82, 2.24) is 19.7 Å². The first-order chi connectivity index (χ1) is 14.2. The van der Waals surface area contributed by atoms with Crippen molar-refractivity contribution in [3.8, 4) is 5.75 Å². The number of rotatable bonds is 6. The van der Waals surface area contributed by atoms with Gasteiger partial charge in [-0.1, -0.05) is 18.5 Å². The Morgan fingerprint density at radius 1 is 1.40 bits per heavy atom. The summed E-state index contributed by atoms with van der Waals surface area (Å²) in [5.41, 5.74) is 7.78. The summed E-state index contributed by atoms with van der Waals surface area (Å²) in [5, 5.41) is 2.47. The van der Waals surface area contributed by atoms with Crippen molar-refractivity contribution in [2.24, 2.45) is 0 Å². The molecule has 1 atom stereocenters. The number of amides is 1. The van der Waals surface area contributed by atoms with E-state index in [1.54, 1.807) is 19.3 Å². The van der Waals surface area contributed by atoms with E-state index in [-0.39, 0.29) is 28.4 Å². The van der Waals surface area contributed by atoms with E-state index in [2.05, 4.69) is 15.3 Å². The fourth-order valence-corrected chi connectivity index (χ4v) is 3.69. The van der Waals surface area contributed by atoms with Crippen LogP contribution in [0.2, 0.25) is 5.02 Å². The number of carbonyl (C=O) groups excluding carboxylic acids is 1. The Balaban J connectivity index is 2.27. The van der Waals surface area contributed by atoms with Gasteiger partial charge in [0.1, 0.15) is 28.5 Å². The standard InChI is InChI=1S/C21H25ClFN5O2/c1-6-25-21(29)15-16(23)14(22)9-13(18(15)30-10(2)3)11(4)20-27-12(5)17-19(24)26-7-8-28(17)20/h7-11H,6H2,1-5H3,(H2,24,26)(H,25,29). The number of hydrogen-bond donors (Lipinski definition) is 2. The zero-order chi connectivity index (χ0) is 22.2. The second-order valence-electron chi connectivity index (χ2n) is 7.30. The van der Waals surface area contributed by atoms with Crippen molar-refractivity contribution >= 4 is 28.8 Å². The number of imidazole rings is 1. The van der Waals surface area contributed by atoms with E-state index in [1.165, 1.54) is 6.07 Å². The van der Waals surface area contributed by atoms with Gasteiger partial charge < -0.3 is 15.8 Å². The predicted octanol–water partition coefficient (Wildman–Crippen LogP) is 4.10. The van der Waals surface area contributed by atoms with Gasteiger partial charge in [0.05, 0.1) is 16.8 Å². The fourth-order valence-electron chi connectivity index (χ4n) is 3.48. The number of fused-ring (bicyclic) bond motifs is 1. The molecule has 9 heteroatoms. The maximum atomic E-state index is 14.9. The van der Waals surface area contributed by atoms with Gasteiger partial charge in [-0.05, 0) is 33.8 Å². The van der Waals surface area contributed by atoms with E-state index in [4.69, 9.17) is 22.1 Å². The number of halogens is 2. The van der Waals surface area contributed by atoms with Crippen LogP contribution in [0, 0.1) is 12.7 Å². The van der Waals surface area contributed by atoms with Gasteiger partial charge >= 0.3 is 0 Å². The maximum absolute atomic E-state index is 14.9. The summed E-state index contributed by atoms with van der Waals surface area (Å²) in [5.74, 6) is -0.615. The Bertz CT molecular complexity index is 1110. The normalized spacial score (nSPS) is 12.4. The third-order valence-electron chi connectivity index (χ3n) is 4.76. The highest BCUT2D eigenvalue weighted by Gasteiger charge is 2.29. The van der Waals surface area contributed by atoms with E-state index < -0.39 is 11.7 Å². The summed E-state index contributed by atoms with van der Waals surface area (Å²) in [4.78, 5) is 21.4. The van der Waals surface area contributed by atoms with E-state index in [0.717, 1.165) is 0 Å². The molecule has 30 heavy (non-hydrogen) atoms. The van der Waals surface area contributed by atoms with Gasteiger partial charge in [0, 0.05) is 30.4 Å². The molecule has 0 saturated heterocycles. The van der Waals surface area contributed by atoms with Crippen molar-refractivity contribution in [3.05, 3.63) is 51.9 Å². The third kappa shape index (κ3) is 3.79. The lowest BCUT2D eigenvalue weighted by atomic mass is 9.95. The summed E-state index contributed by atoms with van der Waals surface area (Å²) in [6.07, 6.45) is 3.06. The molecule has 3 rings (SSSR count). The number of nitrogen functional groups attached to an aromatic ring is 1. The number of ether oxygens (including phenoxy) is 1. The number of nitrogens with one attached hydrogen (secondary N) is 1. The molecule has 0 aliphatic carbocycles. The van der Waals surface area contributed by atoms with E-state index >= 15 is 0 Å². The van der Waals surface area contributed by atoms with Gasteiger partial charge in [-0.15, -0.1) is 0 Å². The lowest BCUT2D eigenvalue weighted by Gasteiger charge is -2.22. The lowest BCUT2D eigenvalue weighted by Crippen LogP contribution is -2.26. The average Bonchev–Trinajstić information content (AvgIpc) is 3.02. The van der Waals surface area contributed by atoms with Crippen LogP contribution in [0.1, 0.15) is 61.1 Å². The molecular formula is C21H25ClFN5O2. The first-order valence-electron chi connectivity index (χ1n) is 9.73. The molecule has 1 amide bonds. The first-order valence-corrected chi connectivity index (χ1v) is 10.1. The molecule has 0 fully saturated rings. The Labute approximate surface area is 179 Å². The van der Waals surface area contributed by atoms with Crippen molar-refractivity contribution < 1.29 is 13.9 Å². The van der Waals surface area contributed by atoms with Crippen LogP contribution in [0.4, 0.5) is 10.2 Å². The molecule has 0 spiro atoms. The summed E-state index contributed by atoms with van der Waals surface area (Å²) in [7, 11) is 0. The van der Waals surface area contributed by atoms with Crippen LogP contribution in [-0.2, 0) is 0 Å². The van der Waals surface area contributed by atoms with Crippen molar-refractivity contribution in [2.75, 3.05) is 12.3 Å². The van der Waals surface area contributed by atoms with Crippen molar-refractivity contribution in [3.63, 3.8) is 0 Å². The van der Waals surface area contributed by atoms with E-state index in [1.807, 2.05) is 32.1 Å². The molecule has 7 nitrogen and oxygen atoms in total. The summed E-state index contributed by atoms with van der Waals surface area (Å²) in [6.45, 7) is 9.45. The van der Waals surface area contributed by atoms with Crippen LogP contribution >= 0.6 is 11.6 Å². The number of nitrogens with two attached hydrogens (primary N) is 1. The molecule has 0 aliphatic rings. The monoisotopic (exact) mass is 433 g/mol. The van der Waals surface area contributed by atoms with Crippen LogP contribution in [-0.4, -0.2) is 32.9 Å². The quantitative estimate of drug-likeness (QED) is 0.610. The molecule has 0 bridgehead atoms.